The van der Waals surface area contributed by atoms with Crippen LogP contribution in [0.25, 0.3) is 10.9 Å². The zero-order valence-corrected chi connectivity index (χ0v) is 20.0. The summed E-state index contributed by atoms with van der Waals surface area (Å²) in [5.41, 5.74) is 8.15. The number of halogens is 1. The van der Waals surface area contributed by atoms with Crippen molar-refractivity contribution in [3.63, 3.8) is 0 Å². The lowest BCUT2D eigenvalue weighted by atomic mass is 9.90. The lowest BCUT2D eigenvalue weighted by Crippen LogP contribution is -2.35. The molecule has 0 amide bonds. The normalized spacial score (nSPS) is 16.2. The van der Waals surface area contributed by atoms with Gasteiger partial charge in [0.15, 0.2) is 5.82 Å². The lowest BCUT2D eigenvalue weighted by molar-refractivity contribution is 0.507. The van der Waals surface area contributed by atoms with Gasteiger partial charge in [-0.15, -0.1) is 12.4 Å². The van der Waals surface area contributed by atoms with Gasteiger partial charge in [0.1, 0.15) is 0 Å². The van der Waals surface area contributed by atoms with E-state index in [1.807, 2.05) is 6.20 Å². The van der Waals surface area contributed by atoms with Crippen molar-refractivity contribution in [1.82, 2.24) is 9.55 Å². The van der Waals surface area contributed by atoms with E-state index in [0.29, 0.717) is 5.92 Å². The van der Waals surface area contributed by atoms with E-state index in [1.54, 1.807) is 0 Å². The molecule has 2 aromatic heterocycles. The quantitative estimate of drug-likeness (QED) is 0.343. The van der Waals surface area contributed by atoms with Crippen LogP contribution in [0.15, 0.2) is 66.9 Å². The average molecular weight is 446 g/mol. The summed E-state index contributed by atoms with van der Waals surface area (Å²) in [4.78, 5) is 7.47. The summed E-state index contributed by atoms with van der Waals surface area (Å²) in [5.74, 6) is 1.71. The predicted molar refractivity (Wildman–Crippen MR) is 137 cm³/mol. The lowest BCUT2D eigenvalue weighted by Gasteiger charge is -2.34. The second-order valence-corrected chi connectivity index (χ2v) is 8.95. The highest BCUT2D eigenvalue weighted by Gasteiger charge is 2.25. The minimum atomic E-state index is 0. The summed E-state index contributed by atoms with van der Waals surface area (Å²) < 4.78 is 2.49. The van der Waals surface area contributed by atoms with Gasteiger partial charge >= 0.3 is 0 Å². The second kappa shape index (κ2) is 9.38. The van der Waals surface area contributed by atoms with Crippen molar-refractivity contribution in [2.75, 3.05) is 18.0 Å². The molecular formula is C28H32ClN3. The van der Waals surface area contributed by atoms with Crippen molar-refractivity contribution in [2.24, 2.45) is 0 Å². The largest absolute Gasteiger partial charge is 0.354 e. The van der Waals surface area contributed by atoms with Crippen LogP contribution in [0.2, 0.25) is 0 Å². The molecule has 3 nitrogen and oxygen atoms in total. The Morgan fingerprint density at radius 1 is 0.938 bits per heavy atom. The van der Waals surface area contributed by atoms with Crippen molar-refractivity contribution in [3.05, 3.63) is 94.8 Å². The van der Waals surface area contributed by atoms with E-state index < -0.39 is 0 Å². The summed E-state index contributed by atoms with van der Waals surface area (Å²) in [7, 11) is 0. The molecule has 3 heterocycles. The van der Waals surface area contributed by atoms with Gasteiger partial charge in [-0.3, -0.25) is 0 Å². The fourth-order valence-electron chi connectivity index (χ4n) is 5.13. The molecule has 32 heavy (non-hydrogen) atoms. The third-order valence-corrected chi connectivity index (χ3v) is 7.11. The number of nitrogens with zero attached hydrogens (tertiary/aromatic N) is 3. The molecule has 1 aliphatic rings. The van der Waals surface area contributed by atoms with Crippen LogP contribution in [-0.4, -0.2) is 22.6 Å². The monoisotopic (exact) mass is 445 g/mol. The predicted octanol–water partition coefficient (Wildman–Crippen LogP) is 6.82. The third-order valence-electron chi connectivity index (χ3n) is 7.11. The molecule has 1 aliphatic heterocycles. The summed E-state index contributed by atoms with van der Waals surface area (Å²) in [5, 5.41) is 1.33. The molecule has 0 radical (unpaired) electrons. The van der Waals surface area contributed by atoms with Crippen molar-refractivity contribution in [3.8, 4) is 0 Å². The van der Waals surface area contributed by atoms with Crippen LogP contribution in [-0.2, 0) is 6.54 Å². The number of aryl methyl sites for hydroxylation is 2. The van der Waals surface area contributed by atoms with Gasteiger partial charge in [-0.1, -0.05) is 54.6 Å². The minimum Gasteiger partial charge on any atom is -0.354 e. The molecule has 166 valence electrons. The molecule has 0 aliphatic carbocycles. The Hall–Kier alpha value is -2.78. The second-order valence-electron chi connectivity index (χ2n) is 8.95. The summed E-state index contributed by atoms with van der Waals surface area (Å²) in [6, 6.07) is 21.9. The molecule has 5 rings (SSSR count). The zero-order valence-electron chi connectivity index (χ0n) is 19.2. The SMILES string of the molecule is Cc1ccccc1Cn1c(C)c(C)c2ccnc(N3CCCC(c4ccccc4)C3)c21.Cl. The summed E-state index contributed by atoms with van der Waals surface area (Å²) in [6.07, 6.45) is 4.45. The summed E-state index contributed by atoms with van der Waals surface area (Å²) >= 11 is 0. The van der Waals surface area contributed by atoms with E-state index in [1.165, 1.54) is 51.7 Å². The van der Waals surface area contributed by atoms with Crippen molar-refractivity contribution < 1.29 is 0 Å². The fraction of sp³-hybridized carbons (Fsp3) is 0.321. The van der Waals surface area contributed by atoms with Crippen molar-refractivity contribution in [2.45, 2.75) is 46.1 Å². The van der Waals surface area contributed by atoms with Gasteiger partial charge in [-0.25, -0.2) is 4.98 Å². The van der Waals surface area contributed by atoms with Crippen LogP contribution in [0, 0.1) is 20.8 Å². The minimum absolute atomic E-state index is 0. The number of anilines is 1. The zero-order chi connectivity index (χ0) is 21.4. The molecule has 1 saturated heterocycles. The number of rotatable bonds is 4. The number of hydrogen-bond donors (Lipinski definition) is 0. The Balaban J connectivity index is 0.00000245. The van der Waals surface area contributed by atoms with E-state index >= 15 is 0 Å². The number of pyridine rings is 1. The van der Waals surface area contributed by atoms with Gasteiger partial charge in [-0.2, -0.15) is 0 Å². The number of benzene rings is 2. The van der Waals surface area contributed by atoms with Gasteiger partial charge < -0.3 is 9.47 Å². The molecule has 4 aromatic rings. The summed E-state index contributed by atoms with van der Waals surface area (Å²) in [6.45, 7) is 9.70. The molecule has 2 aromatic carbocycles. The number of fused-ring (bicyclic) bond motifs is 1. The van der Waals surface area contributed by atoms with Crippen LogP contribution < -0.4 is 4.90 Å². The molecule has 0 saturated carbocycles. The van der Waals surface area contributed by atoms with E-state index in [9.17, 15) is 0 Å². The van der Waals surface area contributed by atoms with Crippen LogP contribution in [0.3, 0.4) is 0 Å². The number of aromatic nitrogens is 2. The maximum Gasteiger partial charge on any atom is 0.153 e. The molecule has 0 spiro atoms. The highest BCUT2D eigenvalue weighted by Crippen LogP contribution is 2.36. The number of piperidine rings is 1. The Morgan fingerprint density at radius 3 is 2.47 bits per heavy atom. The highest BCUT2D eigenvalue weighted by molar-refractivity contribution is 5.93. The van der Waals surface area contributed by atoms with Crippen LogP contribution in [0.4, 0.5) is 5.82 Å². The molecule has 1 unspecified atom stereocenters. The van der Waals surface area contributed by atoms with Gasteiger partial charge in [-0.05, 0) is 61.9 Å². The first-order chi connectivity index (χ1) is 15.1. The van der Waals surface area contributed by atoms with Gasteiger partial charge in [0, 0.05) is 42.8 Å². The van der Waals surface area contributed by atoms with Crippen LogP contribution in [0.5, 0.6) is 0 Å². The Morgan fingerprint density at radius 2 is 1.69 bits per heavy atom. The standard InChI is InChI=1S/C28H31N3.ClH/c1-20-10-7-8-13-24(20)19-31-22(3)21(2)26-15-16-29-28(27(26)31)30-17-9-14-25(18-30)23-11-5-4-6-12-23;/h4-8,10-13,15-16,25H,9,14,17-19H2,1-3H3;1H. The first-order valence-corrected chi connectivity index (χ1v) is 11.4. The Labute approximate surface area is 197 Å². The van der Waals surface area contributed by atoms with Crippen LogP contribution in [0.1, 0.15) is 46.7 Å². The third kappa shape index (κ3) is 4.02. The van der Waals surface area contributed by atoms with Gasteiger partial charge in [0.25, 0.3) is 0 Å². The first kappa shape index (κ1) is 22.4. The Bertz CT molecular complexity index is 1210. The van der Waals surface area contributed by atoms with E-state index in [0.717, 1.165) is 25.5 Å². The maximum absolute atomic E-state index is 4.94. The first-order valence-electron chi connectivity index (χ1n) is 11.4. The molecule has 1 atom stereocenters. The molecule has 0 N–H and O–H groups in total. The average Bonchev–Trinajstić information content (AvgIpc) is 3.06. The van der Waals surface area contributed by atoms with E-state index in [4.69, 9.17) is 4.98 Å². The smallest absolute Gasteiger partial charge is 0.153 e. The van der Waals surface area contributed by atoms with E-state index in [2.05, 4.69) is 90.9 Å². The van der Waals surface area contributed by atoms with Gasteiger partial charge in [0.05, 0.1) is 5.52 Å². The van der Waals surface area contributed by atoms with Crippen molar-refractivity contribution in [1.29, 1.82) is 0 Å². The van der Waals surface area contributed by atoms with E-state index in [-0.39, 0.29) is 12.4 Å². The molecule has 1 fully saturated rings. The molecule has 0 bridgehead atoms. The molecular weight excluding hydrogens is 414 g/mol. The number of hydrogen-bond acceptors (Lipinski definition) is 2. The molecule has 4 heteroatoms. The maximum atomic E-state index is 4.94. The Kier molecular flexibility index (Phi) is 6.57. The van der Waals surface area contributed by atoms with Crippen LogP contribution >= 0.6 is 12.4 Å². The topological polar surface area (TPSA) is 21.1 Å². The van der Waals surface area contributed by atoms with Crippen molar-refractivity contribution >= 4 is 29.1 Å². The van der Waals surface area contributed by atoms with Gasteiger partial charge in [0.2, 0.25) is 0 Å². The highest BCUT2D eigenvalue weighted by atomic mass is 35.5. The fourth-order valence-corrected chi connectivity index (χ4v) is 5.13.